The number of ether oxygens (including phenoxy) is 4. The molecule has 46 heavy (non-hydrogen) atoms. The zero-order valence-corrected chi connectivity index (χ0v) is 26.1. The number of carbonyl (C=O) groups excluding carboxylic acids is 1. The quantitative estimate of drug-likeness (QED) is 0.187. The molecule has 6 rings (SSSR count). The summed E-state index contributed by atoms with van der Waals surface area (Å²) in [5.41, 5.74) is 9.40. The highest BCUT2D eigenvalue weighted by atomic mass is 16.5. The molecule has 0 amide bonds. The standard InChI is InChI=1S/C36H36N4O6/c1-22-4-6-24(7-5-22)28-20-40(19-23-10-12-45-13-11-23)21-29(36(28)42)31(41)14-25-8-9-26(18-38-25)46-32-17-35(37)39-30-16-34(44-3)33(43-2)15-27(30)32/h4-9,15-18,20-21,23H,10-14,19H2,1-3H3,(H2,37,39). The van der Waals surface area contributed by atoms with Gasteiger partial charge in [-0.1, -0.05) is 29.8 Å². The molecule has 2 aromatic carbocycles. The molecule has 0 atom stereocenters. The normalized spacial score (nSPS) is 13.5. The molecule has 236 valence electrons. The van der Waals surface area contributed by atoms with Crippen LogP contribution in [0.5, 0.6) is 23.0 Å². The molecule has 0 saturated carbocycles. The van der Waals surface area contributed by atoms with Gasteiger partial charge in [-0.25, -0.2) is 4.98 Å². The van der Waals surface area contributed by atoms with E-state index in [0.717, 1.165) is 37.2 Å². The Bertz CT molecular complexity index is 1930. The van der Waals surface area contributed by atoms with Crippen molar-refractivity contribution in [2.45, 2.75) is 32.7 Å². The van der Waals surface area contributed by atoms with Gasteiger partial charge in [-0.3, -0.25) is 14.6 Å². The second kappa shape index (κ2) is 13.4. The van der Waals surface area contributed by atoms with Crippen molar-refractivity contribution >= 4 is 22.5 Å². The first-order valence-electron chi connectivity index (χ1n) is 15.2. The van der Waals surface area contributed by atoms with Gasteiger partial charge in [0.2, 0.25) is 0 Å². The maximum atomic E-state index is 13.7. The number of carbonyl (C=O) groups is 1. The number of pyridine rings is 3. The molecule has 3 aromatic heterocycles. The van der Waals surface area contributed by atoms with E-state index in [2.05, 4.69) is 9.97 Å². The topological polar surface area (TPSA) is 128 Å². The van der Waals surface area contributed by atoms with E-state index < -0.39 is 0 Å². The van der Waals surface area contributed by atoms with Crippen LogP contribution in [0.4, 0.5) is 5.82 Å². The van der Waals surface area contributed by atoms with Gasteiger partial charge in [0, 0.05) is 60.9 Å². The molecule has 2 N–H and O–H groups in total. The van der Waals surface area contributed by atoms with Crippen molar-refractivity contribution < 1.29 is 23.7 Å². The average Bonchev–Trinajstić information content (AvgIpc) is 3.06. The van der Waals surface area contributed by atoms with Crippen molar-refractivity contribution in [2.24, 2.45) is 5.92 Å². The lowest BCUT2D eigenvalue weighted by Crippen LogP contribution is -2.25. The molecule has 0 unspecified atom stereocenters. The Hall–Kier alpha value is -5.22. The summed E-state index contributed by atoms with van der Waals surface area (Å²) in [5.74, 6) is 2.35. The minimum absolute atomic E-state index is 0.0354. The molecule has 1 fully saturated rings. The Labute approximate surface area is 266 Å². The molecule has 1 saturated heterocycles. The number of methoxy groups -OCH3 is 2. The minimum atomic E-state index is -0.296. The molecule has 5 aromatic rings. The van der Waals surface area contributed by atoms with E-state index in [0.29, 0.717) is 57.6 Å². The van der Waals surface area contributed by atoms with Gasteiger partial charge in [-0.15, -0.1) is 0 Å². The molecule has 0 radical (unpaired) electrons. The summed E-state index contributed by atoms with van der Waals surface area (Å²) in [6.07, 6.45) is 6.95. The molecule has 1 aliphatic rings. The fourth-order valence-electron chi connectivity index (χ4n) is 5.69. The number of nitrogens with zero attached hydrogens (tertiary/aromatic N) is 3. The molecule has 0 aliphatic carbocycles. The smallest absolute Gasteiger partial charge is 0.200 e. The predicted molar refractivity (Wildman–Crippen MR) is 176 cm³/mol. The molecule has 0 spiro atoms. The van der Waals surface area contributed by atoms with Crippen LogP contribution in [-0.4, -0.2) is 47.8 Å². The fourth-order valence-corrected chi connectivity index (χ4v) is 5.69. The second-order valence-electron chi connectivity index (χ2n) is 11.5. The monoisotopic (exact) mass is 620 g/mol. The Morgan fingerprint density at radius 3 is 2.41 bits per heavy atom. The van der Waals surface area contributed by atoms with Crippen LogP contribution in [0.1, 0.15) is 34.5 Å². The minimum Gasteiger partial charge on any atom is -0.493 e. The van der Waals surface area contributed by atoms with Crippen LogP contribution in [0, 0.1) is 12.8 Å². The Morgan fingerprint density at radius 1 is 0.978 bits per heavy atom. The van der Waals surface area contributed by atoms with Crippen LogP contribution in [0.15, 0.2) is 78.0 Å². The summed E-state index contributed by atoms with van der Waals surface area (Å²) in [6, 6.07) is 16.4. The van der Waals surface area contributed by atoms with Crippen LogP contribution in [0.25, 0.3) is 22.0 Å². The van der Waals surface area contributed by atoms with E-state index in [-0.39, 0.29) is 29.0 Å². The van der Waals surface area contributed by atoms with Gasteiger partial charge in [0.1, 0.15) is 17.3 Å². The molecule has 1 aliphatic heterocycles. The summed E-state index contributed by atoms with van der Waals surface area (Å²) < 4.78 is 24.5. The van der Waals surface area contributed by atoms with Gasteiger partial charge >= 0.3 is 0 Å². The van der Waals surface area contributed by atoms with Crippen LogP contribution in [0.3, 0.4) is 0 Å². The molecular weight excluding hydrogens is 584 g/mol. The second-order valence-corrected chi connectivity index (χ2v) is 11.5. The van der Waals surface area contributed by atoms with Crippen LogP contribution < -0.4 is 25.4 Å². The molecule has 0 bridgehead atoms. The highest BCUT2D eigenvalue weighted by Crippen LogP contribution is 2.38. The molecular formula is C36H36N4O6. The lowest BCUT2D eigenvalue weighted by molar-refractivity contribution is 0.0612. The number of nitrogen functional groups attached to an aromatic ring is 1. The number of fused-ring (bicyclic) bond motifs is 1. The lowest BCUT2D eigenvalue weighted by atomic mass is 9.98. The maximum absolute atomic E-state index is 13.7. The highest BCUT2D eigenvalue weighted by molar-refractivity contribution is 5.98. The number of hydrogen-bond acceptors (Lipinski definition) is 9. The summed E-state index contributed by atoms with van der Waals surface area (Å²) >= 11 is 0. The van der Waals surface area contributed by atoms with E-state index in [1.165, 1.54) is 6.20 Å². The lowest BCUT2D eigenvalue weighted by Gasteiger charge is -2.23. The van der Waals surface area contributed by atoms with Crippen LogP contribution >= 0.6 is 0 Å². The zero-order chi connectivity index (χ0) is 32.2. The molecule has 10 nitrogen and oxygen atoms in total. The molecule has 10 heteroatoms. The van der Waals surface area contributed by atoms with Crippen molar-refractivity contribution in [3.8, 4) is 34.1 Å². The number of Topliss-reactive ketones (excluding diaryl/α,β-unsaturated/α-hetero) is 1. The first-order valence-corrected chi connectivity index (χ1v) is 15.2. The Kier molecular flexibility index (Phi) is 8.98. The summed E-state index contributed by atoms with van der Waals surface area (Å²) in [7, 11) is 3.11. The van der Waals surface area contributed by atoms with E-state index >= 15 is 0 Å². The van der Waals surface area contributed by atoms with Gasteiger partial charge in [0.25, 0.3) is 0 Å². The maximum Gasteiger partial charge on any atom is 0.200 e. The first-order chi connectivity index (χ1) is 22.3. The number of rotatable bonds is 10. The predicted octanol–water partition coefficient (Wildman–Crippen LogP) is 6.01. The third kappa shape index (κ3) is 6.72. The van der Waals surface area contributed by atoms with Crippen molar-refractivity contribution in [3.05, 3.63) is 100 Å². The first kappa shape index (κ1) is 30.8. The summed E-state index contributed by atoms with van der Waals surface area (Å²) in [4.78, 5) is 36.2. The Morgan fingerprint density at radius 2 is 1.72 bits per heavy atom. The third-order valence-corrected chi connectivity index (χ3v) is 8.21. The van der Waals surface area contributed by atoms with Gasteiger partial charge in [-0.05, 0) is 49.4 Å². The van der Waals surface area contributed by atoms with Gasteiger partial charge < -0.3 is 29.2 Å². The summed E-state index contributed by atoms with van der Waals surface area (Å²) in [6.45, 7) is 4.15. The molecule has 4 heterocycles. The highest BCUT2D eigenvalue weighted by Gasteiger charge is 2.20. The number of aromatic nitrogens is 3. The van der Waals surface area contributed by atoms with Crippen LogP contribution in [-0.2, 0) is 17.7 Å². The van der Waals surface area contributed by atoms with Crippen molar-refractivity contribution in [3.63, 3.8) is 0 Å². The number of ketones is 1. The number of aryl methyl sites for hydroxylation is 1. The fraction of sp³-hybridized carbons (Fsp3) is 0.278. The Balaban J connectivity index is 1.25. The van der Waals surface area contributed by atoms with E-state index in [1.54, 1.807) is 50.7 Å². The average molecular weight is 621 g/mol. The number of hydrogen-bond donors (Lipinski definition) is 1. The largest absolute Gasteiger partial charge is 0.493 e. The van der Waals surface area contributed by atoms with Gasteiger partial charge in [0.15, 0.2) is 22.7 Å². The van der Waals surface area contributed by atoms with Crippen LogP contribution in [0.2, 0.25) is 0 Å². The van der Waals surface area contributed by atoms with E-state index in [1.807, 2.05) is 42.0 Å². The van der Waals surface area contributed by atoms with E-state index in [4.69, 9.17) is 24.7 Å². The SMILES string of the molecule is COc1cc2nc(N)cc(Oc3ccc(CC(=O)c4cn(CC5CCOCC5)cc(-c5ccc(C)cc5)c4=O)nc3)c2cc1OC. The number of nitrogens with two attached hydrogens (primary N) is 1. The van der Waals surface area contributed by atoms with Gasteiger partial charge in [-0.2, -0.15) is 0 Å². The van der Waals surface area contributed by atoms with Crippen molar-refractivity contribution in [2.75, 3.05) is 33.2 Å². The van der Waals surface area contributed by atoms with E-state index in [9.17, 15) is 9.59 Å². The number of benzene rings is 2. The van der Waals surface area contributed by atoms with Crippen molar-refractivity contribution in [1.82, 2.24) is 14.5 Å². The van der Waals surface area contributed by atoms with Crippen molar-refractivity contribution in [1.29, 1.82) is 0 Å². The summed E-state index contributed by atoms with van der Waals surface area (Å²) in [5, 5.41) is 0.677. The number of anilines is 1. The van der Waals surface area contributed by atoms with Gasteiger partial charge in [0.05, 0.1) is 37.9 Å². The third-order valence-electron chi connectivity index (χ3n) is 8.21. The zero-order valence-electron chi connectivity index (χ0n) is 26.1.